The topological polar surface area (TPSA) is 103 Å². The summed E-state index contributed by atoms with van der Waals surface area (Å²) in [5.41, 5.74) is 7.99. The Morgan fingerprint density at radius 3 is 2.82 bits per heavy atom. The Bertz CT molecular complexity index is 639. The maximum absolute atomic E-state index is 11.3. The van der Waals surface area contributed by atoms with Gasteiger partial charge in [-0.2, -0.15) is 0 Å². The van der Waals surface area contributed by atoms with Gasteiger partial charge in [0, 0.05) is 20.3 Å². The standard InChI is InChI=1S/C15H20N4O3/c1-22-9-5-4-8-13-14(15(20)21)17-18-19(13)12-7-3-2-6-11(12)10-16/h2-3,6-7H,4-5,8-10,16H2,1H3,(H,20,21). The lowest BCUT2D eigenvalue weighted by Gasteiger charge is -2.10. The van der Waals surface area contributed by atoms with E-state index in [1.165, 1.54) is 0 Å². The van der Waals surface area contributed by atoms with Crippen molar-refractivity contribution < 1.29 is 14.6 Å². The molecule has 7 nitrogen and oxygen atoms in total. The molecule has 0 aliphatic heterocycles. The molecule has 0 amide bonds. The summed E-state index contributed by atoms with van der Waals surface area (Å²) < 4.78 is 6.60. The van der Waals surface area contributed by atoms with Gasteiger partial charge in [0.25, 0.3) is 0 Å². The van der Waals surface area contributed by atoms with Crippen LogP contribution in [-0.2, 0) is 17.7 Å². The van der Waals surface area contributed by atoms with Gasteiger partial charge in [-0.1, -0.05) is 23.4 Å². The Labute approximate surface area is 128 Å². The van der Waals surface area contributed by atoms with Crippen molar-refractivity contribution in [3.05, 3.63) is 41.2 Å². The lowest BCUT2D eigenvalue weighted by atomic mass is 10.1. The third kappa shape index (κ3) is 3.49. The molecule has 0 saturated heterocycles. The molecule has 0 fully saturated rings. The molecule has 1 aromatic carbocycles. The summed E-state index contributed by atoms with van der Waals surface area (Å²) in [4.78, 5) is 11.3. The molecule has 0 unspecified atom stereocenters. The minimum absolute atomic E-state index is 0.00996. The highest BCUT2D eigenvalue weighted by Crippen LogP contribution is 2.19. The molecule has 0 aliphatic rings. The van der Waals surface area contributed by atoms with E-state index in [0.717, 1.165) is 24.1 Å². The van der Waals surface area contributed by atoms with Crippen LogP contribution in [0.2, 0.25) is 0 Å². The molecule has 1 heterocycles. The molecule has 118 valence electrons. The van der Waals surface area contributed by atoms with Gasteiger partial charge in [-0.25, -0.2) is 9.48 Å². The van der Waals surface area contributed by atoms with E-state index in [1.807, 2.05) is 24.3 Å². The Balaban J connectivity index is 2.36. The molecule has 0 radical (unpaired) electrons. The normalized spacial score (nSPS) is 10.8. The number of unbranched alkanes of at least 4 members (excludes halogenated alkanes) is 1. The highest BCUT2D eigenvalue weighted by molar-refractivity contribution is 5.86. The summed E-state index contributed by atoms with van der Waals surface area (Å²) in [7, 11) is 1.64. The zero-order valence-electron chi connectivity index (χ0n) is 12.5. The number of aromatic nitrogens is 3. The fraction of sp³-hybridized carbons (Fsp3) is 0.400. The van der Waals surface area contributed by atoms with E-state index in [4.69, 9.17) is 10.5 Å². The molecule has 2 aromatic rings. The van der Waals surface area contributed by atoms with E-state index in [9.17, 15) is 9.90 Å². The van der Waals surface area contributed by atoms with Gasteiger partial charge < -0.3 is 15.6 Å². The fourth-order valence-electron chi connectivity index (χ4n) is 2.31. The first kappa shape index (κ1) is 16.1. The number of hydrogen-bond acceptors (Lipinski definition) is 5. The molecule has 0 aliphatic carbocycles. The lowest BCUT2D eigenvalue weighted by Crippen LogP contribution is -2.10. The first-order chi connectivity index (χ1) is 10.7. The molecule has 0 atom stereocenters. The van der Waals surface area contributed by atoms with Gasteiger partial charge in [0.15, 0.2) is 5.69 Å². The molecule has 0 saturated carbocycles. The maximum atomic E-state index is 11.3. The lowest BCUT2D eigenvalue weighted by molar-refractivity contribution is 0.0689. The number of hydrogen-bond donors (Lipinski definition) is 2. The van der Waals surface area contributed by atoms with Gasteiger partial charge in [-0.15, -0.1) is 5.10 Å². The number of para-hydroxylation sites is 1. The van der Waals surface area contributed by atoms with Crippen molar-refractivity contribution in [1.29, 1.82) is 0 Å². The van der Waals surface area contributed by atoms with Crippen LogP contribution in [0, 0.1) is 0 Å². The average molecular weight is 304 g/mol. The Morgan fingerprint density at radius 2 is 2.14 bits per heavy atom. The number of benzene rings is 1. The SMILES string of the molecule is COCCCCc1c(C(=O)O)nnn1-c1ccccc1CN. The number of rotatable bonds is 8. The van der Waals surface area contributed by atoms with E-state index >= 15 is 0 Å². The van der Waals surface area contributed by atoms with Crippen molar-refractivity contribution in [2.45, 2.75) is 25.8 Å². The molecule has 1 aromatic heterocycles. The van der Waals surface area contributed by atoms with Crippen LogP contribution in [0.5, 0.6) is 0 Å². The van der Waals surface area contributed by atoms with Gasteiger partial charge in [0.2, 0.25) is 0 Å². The first-order valence-electron chi connectivity index (χ1n) is 7.14. The van der Waals surface area contributed by atoms with E-state index in [0.29, 0.717) is 25.3 Å². The number of carboxylic acid groups (broad SMARTS) is 1. The van der Waals surface area contributed by atoms with Crippen LogP contribution in [0.15, 0.2) is 24.3 Å². The summed E-state index contributed by atoms with van der Waals surface area (Å²) >= 11 is 0. The van der Waals surface area contributed by atoms with Crippen molar-refractivity contribution in [3.8, 4) is 5.69 Å². The quantitative estimate of drug-likeness (QED) is 0.714. The molecule has 2 rings (SSSR count). The molecule has 0 bridgehead atoms. The van der Waals surface area contributed by atoms with Crippen LogP contribution < -0.4 is 5.73 Å². The number of nitrogens with zero attached hydrogens (tertiary/aromatic N) is 3. The Morgan fingerprint density at radius 1 is 1.36 bits per heavy atom. The molecular weight excluding hydrogens is 284 g/mol. The zero-order chi connectivity index (χ0) is 15.9. The molecule has 0 spiro atoms. The molecule has 22 heavy (non-hydrogen) atoms. The third-order valence-corrected chi connectivity index (χ3v) is 3.42. The van der Waals surface area contributed by atoms with Crippen LogP contribution in [0.4, 0.5) is 0 Å². The number of aromatic carboxylic acids is 1. The van der Waals surface area contributed by atoms with E-state index in [2.05, 4.69) is 10.3 Å². The van der Waals surface area contributed by atoms with E-state index in [1.54, 1.807) is 11.8 Å². The first-order valence-corrected chi connectivity index (χ1v) is 7.14. The monoisotopic (exact) mass is 304 g/mol. The van der Waals surface area contributed by atoms with Crippen molar-refractivity contribution >= 4 is 5.97 Å². The van der Waals surface area contributed by atoms with Crippen molar-refractivity contribution in [3.63, 3.8) is 0 Å². The second-order valence-electron chi connectivity index (χ2n) is 4.88. The zero-order valence-corrected chi connectivity index (χ0v) is 12.5. The summed E-state index contributed by atoms with van der Waals surface area (Å²) in [5.74, 6) is -1.07. The second kappa shape index (κ2) is 7.67. The van der Waals surface area contributed by atoms with Crippen molar-refractivity contribution in [1.82, 2.24) is 15.0 Å². The van der Waals surface area contributed by atoms with Gasteiger partial charge >= 0.3 is 5.97 Å². The highest BCUT2D eigenvalue weighted by Gasteiger charge is 2.20. The Kier molecular flexibility index (Phi) is 5.62. The van der Waals surface area contributed by atoms with E-state index < -0.39 is 5.97 Å². The van der Waals surface area contributed by atoms with Crippen LogP contribution in [0.25, 0.3) is 5.69 Å². The van der Waals surface area contributed by atoms with E-state index in [-0.39, 0.29) is 5.69 Å². The predicted octanol–water partition coefficient (Wildman–Crippen LogP) is 1.39. The van der Waals surface area contributed by atoms with Crippen molar-refractivity contribution in [2.75, 3.05) is 13.7 Å². The summed E-state index contributed by atoms with van der Waals surface area (Å²) in [6.45, 7) is 0.991. The second-order valence-corrected chi connectivity index (χ2v) is 4.88. The predicted molar refractivity (Wildman–Crippen MR) is 81.0 cm³/mol. The van der Waals surface area contributed by atoms with Gasteiger partial charge in [-0.05, 0) is 30.9 Å². The molecular formula is C15H20N4O3. The van der Waals surface area contributed by atoms with Crippen LogP contribution in [-0.4, -0.2) is 39.8 Å². The number of methoxy groups -OCH3 is 1. The maximum Gasteiger partial charge on any atom is 0.358 e. The Hall–Kier alpha value is -2.25. The summed E-state index contributed by atoms with van der Waals surface area (Å²) in [6, 6.07) is 7.51. The van der Waals surface area contributed by atoms with Crippen LogP contribution >= 0.6 is 0 Å². The number of carbonyl (C=O) groups is 1. The minimum atomic E-state index is -1.07. The van der Waals surface area contributed by atoms with Crippen molar-refractivity contribution in [2.24, 2.45) is 5.73 Å². The molecule has 3 N–H and O–H groups in total. The fourth-order valence-corrected chi connectivity index (χ4v) is 2.31. The number of nitrogens with two attached hydrogens (primary N) is 1. The van der Waals surface area contributed by atoms with Crippen LogP contribution in [0.3, 0.4) is 0 Å². The van der Waals surface area contributed by atoms with Gasteiger partial charge in [0.05, 0.1) is 11.4 Å². The number of ether oxygens (including phenoxy) is 1. The highest BCUT2D eigenvalue weighted by atomic mass is 16.5. The number of carboxylic acids is 1. The van der Waals surface area contributed by atoms with Crippen LogP contribution in [0.1, 0.15) is 34.6 Å². The van der Waals surface area contributed by atoms with Gasteiger partial charge in [0.1, 0.15) is 0 Å². The minimum Gasteiger partial charge on any atom is -0.476 e. The summed E-state index contributed by atoms with van der Waals surface area (Å²) in [5, 5.41) is 17.1. The summed E-state index contributed by atoms with van der Waals surface area (Å²) in [6.07, 6.45) is 2.21. The third-order valence-electron chi connectivity index (χ3n) is 3.42. The smallest absolute Gasteiger partial charge is 0.358 e. The average Bonchev–Trinajstić information content (AvgIpc) is 2.95. The van der Waals surface area contributed by atoms with Gasteiger partial charge in [-0.3, -0.25) is 0 Å². The largest absolute Gasteiger partial charge is 0.476 e. The molecule has 7 heteroatoms.